The van der Waals surface area contributed by atoms with E-state index in [0.29, 0.717) is 6.42 Å². The SMILES string of the molecule is CCC(=O)C1=CCCNC1C. The number of carbonyl (C=O) groups is 1. The Morgan fingerprint density at radius 2 is 2.55 bits per heavy atom. The summed E-state index contributed by atoms with van der Waals surface area (Å²) in [5.74, 6) is 0.282. The summed E-state index contributed by atoms with van der Waals surface area (Å²) in [7, 11) is 0. The predicted octanol–water partition coefficient (Wildman–Crippen LogP) is 1.27. The summed E-state index contributed by atoms with van der Waals surface area (Å²) in [4.78, 5) is 11.3. The molecule has 1 N–H and O–H groups in total. The van der Waals surface area contributed by atoms with Crippen LogP contribution in [0.4, 0.5) is 0 Å². The Bertz CT molecular complexity index is 184. The highest BCUT2D eigenvalue weighted by Crippen LogP contribution is 2.11. The van der Waals surface area contributed by atoms with Crippen LogP contribution in [0.5, 0.6) is 0 Å². The molecule has 0 fully saturated rings. The maximum absolute atomic E-state index is 11.3. The van der Waals surface area contributed by atoms with Gasteiger partial charge in [0.15, 0.2) is 5.78 Å². The van der Waals surface area contributed by atoms with Gasteiger partial charge in [0, 0.05) is 18.0 Å². The molecule has 1 unspecified atom stereocenters. The minimum absolute atomic E-state index is 0.260. The zero-order chi connectivity index (χ0) is 8.27. The fourth-order valence-corrected chi connectivity index (χ4v) is 1.37. The van der Waals surface area contributed by atoms with E-state index in [1.165, 1.54) is 0 Å². The lowest BCUT2D eigenvalue weighted by Crippen LogP contribution is -2.34. The summed E-state index contributed by atoms with van der Waals surface area (Å²) in [5, 5.41) is 3.26. The highest BCUT2D eigenvalue weighted by atomic mass is 16.1. The number of nitrogens with one attached hydrogen (secondary N) is 1. The molecule has 1 aliphatic rings. The molecule has 0 spiro atoms. The van der Waals surface area contributed by atoms with Gasteiger partial charge in [0.1, 0.15) is 0 Å². The van der Waals surface area contributed by atoms with Crippen LogP contribution in [0.2, 0.25) is 0 Å². The van der Waals surface area contributed by atoms with E-state index in [4.69, 9.17) is 0 Å². The van der Waals surface area contributed by atoms with Crippen molar-refractivity contribution < 1.29 is 4.79 Å². The van der Waals surface area contributed by atoms with Gasteiger partial charge in [0.25, 0.3) is 0 Å². The normalized spacial score (nSPS) is 24.5. The fraction of sp³-hybridized carbons (Fsp3) is 0.667. The van der Waals surface area contributed by atoms with Crippen LogP contribution in [-0.2, 0) is 4.79 Å². The minimum Gasteiger partial charge on any atom is -0.310 e. The van der Waals surface area contributed by atoms with Crippen molar-refractivity contribution in [2.45, 2.75) is 32.7 Å². The van der Waals surface area contributed by atoms with E-state index in [1.54, 1.807) is 0 Å². The van der Waals surface area contributed by atoms with Crippen molar-refractivity contribution in [2.75, 3.05) is 6.54 Å². The van der Waals surface area contributed by atoms with Crippen molar-refractivity contribution in [2.24, 2.45) is 0 Å². The minimum atomic E-state index is 0.260. The van der Waals surface area contributed by atoms with Crippen LogP contribution in [0.3, 0.4) is 0 Å². The Morgan fingerprint density at radius 1 is 1.82 bits per heavy atom. The summed E-state index contributed by atoms with van der Waals surface area (Å²) in [5.41, 5.74) is 0.971. The highest BCUT2D eigenvalue weighted by molar-refractivity contribution is 5.96. The molecule has 0 radical (unpaired) electrons. The summed E-state index contributed by atoms with van der Waals surface area (Å²) in [6.07, 6.45) is 3.68. The molecule has 0 saturated carbocycles. The smallest absolute Gasteiger partial charge is 0.159 e. The number of ketones is 1. The van der Waals surface area contributed by atoms with Crippen LogP contribution in [-0.4, -0.2) is 18.4 Å². The Balaban J connectivity index is 2.67. The number of carbonyl (C=O) groups excluding carboxylic acids is 1. The number of hydrogen-bond donors (Lipinski definition) is 1. The lowest BCUT2D eigenvalue weighted by atomic mass is 9.98. The number of hydrogen-bond acceptors (Lipinski definition) is 2. The molecule has 1 heterocycles. The molecule has 2 nitrogen and oxygen atoms in total. The molecule has 2 heteroatoms. The molecule has 0 amide bonds. The second-order valence-electron chi connectivity index (χ2n) is 2.90. The number of rotatable bonds is 2. The lowest BCUT2D eigenvalue weighted by Gasteiger charge is -2.20. The van der Waals surface area contributed by atoms with Crippen LogP contribution < -0.4 is 5.32 Å². The molecule has 62 valence electrons. The summed E-state index contributed by atoms with van der Waals surface area (Å²) in [6, 6.07) is 0.260. The van der Waals surface area contributed by atoms with E-state index < -0.39 is 0 Å². The topological polar surface area (TPSA) is 29.1 Å². The van der Waals surface area contributed by atoms with Gasteiger partial charge in [-0.05, 0) is 19.9 Å². The van der Waals surface area contributed by atoms with E-state index >= 15 is 0 Å². The summed E-state index contributed by atoms with van der Waals surface area (Å²) in [6.45, 7) is 4.95. The quantitative estimate of drug-likeness (QED) is 0.647. The lowest BCUT2D eigenvalue weighted by molar-refractivity contribution is -0.115. The fourth-order valence-electron chi connectivity index (χ4n) is 1.37. The van der Waals surface area contributed by atoms with Crippen LogP contribution in [0, 0.1) is 0 Å². The first-order chi connectivity index (χ1) is 5.25. The maximum atomic E-state index is 11.3. The molecule has 0 aromatic carbocycles. The average molecular weight is 153 g/mol. The van der Waals surface area contributed by atoms with Crippen molar-refractivity contribution in [1.82, 2.24) is 5.32 Å². The van der Waals surface area contributed by atoms with E-state index in [1.807, 2.05) is 13.8 Å². The predicted molar refractivity (Wildman–Crippen MR) is 45.5 cm³/mol. The van der Waals surface area contributed by atoms with Gasteiger partial charge in [0.2, 0.25) is 0 Å². The first-order valence-electron chi connectivity index (χ1n) is 4.22. The third kappa shape index (κ3) is 1.90. The van der Waals surface area contributed by atoms with Crippen molar-refractivity contribution >= 4 is 5.78 Å². The molecule has 0 aromatic heterocycles. The molecule has 0 bridgehead atoms. The van der Waals surface area contributed by atoms with Gasteiger partial charge in [0.05, 0.1) is 0 Å². The Hall–Kier alpha value is -0.630. The van der Waals surface area contributed by atoms with Gasteiger partial charge in [-0.2, -0.15) is 0 Å². The molecular weight excluding hydrogens is 138 g/mol. The van der Waals surface area contributed by atoms with Gasteiger partial charge >= 0.3 is 0 Å². The molecular formula is C9H15NO. The standard InChI is InChI=1S/C9H15NO/c1-3-9(11)8-5-4-6-10-7(8)2/h5,7,10H,3-4,6H2,1-2H3. The first-order valence-corrected chi connectivity index (χ1v) is 4.22. The van der Waals surface area contributed by atoms with Crippen molar-refractivity contribution in [3.63, 3.8) is 0 Å². The monoisotopic (exact) mass is 153 g/mol. The van der Waals surface area contributed by atoms with Crippen LogP contribution >= 0.6 is 0 Å². The highest BCUT2D eigenvalue weighted by Gasteiger charge is 2.16. The number of Topliss-reactive ketones (excluding diaryl/α,β-unsaturated/α-hetero) is 1. The third-order valence-corrected chi connectivity index (χ3v) is 2.07. The van der Waals surface area contributed by atoms with Crippen LogP contribution in [0.1, 0.15) is 26.7 Å². The molecule has 1 atom stereocenters. The second kappa shape index (κ2) is 3.67. The Labute approximate surface area is 67.7 Å². The van der Waals surface area contributed by atoms with Crippen LogP contribution in [0.15, 0.2) is 11.6 Å². The van der Waals surface area contributed by atoms with Gasteiger partial charge in [-0.15, -0.1) is 0 Å². The molecule has 0 aromatic rings. The van der Waals surface area contributed by atoms with Crippen molar-refractivity contribution in [1.29, 1.82) is 0 Å². The first kappa shape index (κ1) is 8.47. The molecule has 11 heavy (non-hydrogen) atoms. The summed E-state index contributed by atoms with van der Waals surface area (Å²) >= 11 is 0. The van der Waals surface area contributed by atoms with Crippen molar-refractivity contribution in [3.05, 3.63) is 11.6 Å². The van der Waals surface area contributed by atoms with Crippen molar-refractivity contribution in [3.8, 4) is 0 Å². The molecule has 1 rings (SSSR count). The molecule has 0 aliphatic carbocycles. The van der Waals surface area contributed by atoms with Crippen LogP contribution in [0.25, 0.3) is 0 Å². The van der Waals surface area contributed by atoms with E-state index in [2.05, 4.69) is 11.4 Å². The average Bonchev–Trinajstić information content (AvgIpc) is 2.04. The largest absolute Gasteiger partial charge is 0.310 e. The Kier molecular flexibility index (Phi) is 2.83. The maximum Gasteiger partial charge on any atom is 0.159 e. The van der Waals surface area contributed by atoms with E-state index in [0.717, 1.165) is 18.5 Å². The zero-order valence-corrected chi connectivity index (χ0v) is 7.18. The van der Waals surface area contributed by atoms with Gasteiger partial charge in [-0.3, -0.25) is 4.79 Å². The second-order valence-corrected chi connectivity index (χ2v) is 2.90. The van der Waals surface area contributed by atoms with Gasteiger partial charge in [-0.1, -0.05) is 13.0 Å². The van der Waals surface area contributed by atoms with Gasteiger partial charge in [-0.25, -0.2) is 0 Å². The third-order valence-electron chi connectivity index (χ3n) is 2.07. The summed E-state index contributed by atoms with van der Waals surface area (Å²) < 4.78 is 0. The van der Waals surface area contributed by atoms with Gasteiger partial charge < -0.3 is 5.32 Å². The van der Waals surface area contributed by atoms with E-state index in [9.17, 15) is 4.79 Å². The zero-order valence-electron chi connectivity index (χ0n) is 7.18. The van der Waals surface area contributed by atoms with E-state index in [-0.39, 0.29) is 11.8 Å². The Morgan fingerprint density at radius 3 is 3.09 bits per heavy atom. The molecule has 0 saturated heterocycles. The molecule has 1 aliphatic heterocycles.